The van der Waals surface area contributed by atoms with Crippen LogP contribution in [-0.4, -0.2) is 4.37 Å². The molecule has 1 heterocycles. The van der Waals surface area contributed by atoms with E-state index in [1.54, 1.807) is 6.20 Å². The highest BCUT2D eigenvalue weighted by atomic mass is 32.1. The molecule has 3 aromatic rings. The molecule has 0 unspecified atom stereocenters. The van der Waals surface area contributed by atoms with Crippen LogP contribution in [0.2, 0.25) is 0 Å². The molecule has 0 spiro atoms. The van der Waals surface area contributed by atoms with E-state index in [1.807, 2.05) is 54.6 Å². The summed E-state index contributed by atoms with van der Waals surface area (Å²) in [5.41, 5.74) is 1.21. The van der Waals surface area contributed by atoms with Gasteiger partial charge in [-0.1, -0.05) is 23.8 Å². The van der Waals surface area contributed by atoms with Crippen LogP contribution >= 0.6 is 11.5 Å². The quantitative estimate of drug-likeness (QED) is 0.676. The van der Waals surface area contributed by atoms with Crippen LogP contribution in [0.25, 0.3) is 0 Å². The maximum absolute atomic E-state index is 5.82. The molecule has 0 saturated carbocycles. The van der Waals surface area contributed by atoms with Gasteiger partial charge in [0.2, 0.25) is 0 Å². The summed E-state index contributed by atoms with van der Waals surface area (Å²) >= 11 is 1.44. The van der Waals surface area contributed by atoms with E-state index < -0.39 is 0 Å². The summed E-state index contributed by atoms with van der Waals surface area (Å²) < 4.78 is 15.6. The van der Waals surface area contributed by atoms with E-state index in [0.717, 1.165) is 22.1 Å². The second-order valence-corrected chi connectivity index (χ2v) is 5.58. The third kappa shape index (κ3) is 3.83. The van der Waals surface area contributed by atoms with Crippen molar-refractivity contribution in [3.8, 4) is 17.2 Å². The smallest absolute Gasteiger partial charge is 0.131 e. The van der Waals surface area contributed by atoms with Gasteiger partial charge in [-0.15, -0.1) is 0 Å². The zero-order valence-corrected chi connectivity index (χ0v) is 12.5. The maximum Gasteiger partial charge on any atom is 0.131 e. The molecule has 2 aromatic carbocycles. The van der Waals surface area contributed by atoms with Gasteiger partial charge < -0.3 is 9.47 Å². The van der Waals surface area contributed by atoms with Crippen molar-refractivity contribution in [3.05, 3.63) is 71.2 Å². The highest BCUT2D eigenvalue weighted by Gasteiger charge is 2.01. The Kier molecular flexibility index (Phi) is 4.17. The van der Waals surface area contributed by atoms with Gasteiger partial charge >= 0.3 is 0 Å². The van der Waals surface area contributed by atoms with Crippen LogP contribution in [0.5, 0.6) is 17.2 Å². The Morgan fingerprint density at radius 3 is 2.52 bits per heavy atom. The molecule has 0 aliphatic rings. The molecule has 0 bridgehead atoms. The van der Waals surface area contributed by atoms with Crippen LogP contribution in [0.15, 0.2) is 60.8 Å². The molecule has 0 fully saturated rings. The molecule has 3 nitrogen and oxygen atoms in total. The van der Waals surface area contributed by atoms with Gasteiger partial charge in [0.1, 0.15) is 23.9 Å². The van der Waals surface area contributed by atoms with Crippen LogP contribution in [0.4, 0.5) is 0 Å². The minimum absolute atomic E-state index is 0.526. The average molecular weight is 297 g/mol. The molecule has 0 saturated heterocycles. The van der Waals surface area contributed by atoms with Crippen molar-refractivity contribution in [3.63, 3.8) is 0 Å². The Balaban J connectivity index is 1.66. The normalized spacial score (nSPS) is 10.3. The van der Waals surface area contributed by atoms with E-state index in [-0.39, 0.29) is 0 Å². The van der Waals surface area contributed by atoms with Crippen LogP contribution in [-0.2, 0) is 6.61 Å². The van der Waals surface area contributed by atoms with Crippen LogP contribution in [0.3, 0.4) is 0 Å². The highest BCUT2D eigenvalue weighted by Crippen LogP contribution is 2.26. The lowest BCUT2D eigenvalue weighted by atomic mass is 10.2. The van der Waals surface area contributed by atoms with Gasteiger partial charge in [0.15, 0.2) is 0 Å². The van der Waals surface area contributed by atoms with Crippen molar-refractivity contribution in [1.82, 2.24) is 4.37 Å². The van der Waals surface area contributed by atoms with Crippen molar-refractivity contribution < 1.29 is 9.47 Å². The summed E-state index contributed by atoms with van der Waals surface area (Å²) in [6.45, 7) is 2.58. The minimum atomic E-state index is 0.526. The molecule has 0 aliphatic carbocycles. The summed E-state index contributed by atoms with van der Waals surface area (Å²) in [5.74, 6) is 2.37. The van der Waals surface area contributed by atoms with Gasteiger partial charge in [-0.2, -0.15) is 0 Å². The number of aromatic nitrogens is 1. The number of ether oxygens (including phenoxy) is 2. The fourth-order valence-corrected chi connectivity index (χ4v) is 2.33. The second kappa shape index (κ2) is 6.41. The molecular weight excluding hydrogens is 282 g/mol. The Morgan fingerprint density at radius 1 is 0.952 bits per heavy atom. The number of nitrogens with zero attached hydrogens (tertiary/aromatic N) is 1. The summed E-state index contributed by atoms with van der Waals surface area (Å²) in [4.78, 5) is 1.10. The van der Waals surface area contributed by atoms with Gasteiger partial charge in [-0.05, 0) is 48.8 Å². The van der Waals surface area contributed by atoms with E-state index in [0.29, 0.717) is 6.61 Å². The Hall–Kier alpha value is -2.33. The summed E-state index contributed by atoms with van der Waals surface area (Å²) in [6.07, 6.45) is 1.78. The minimum Gasteiger partial charge on any atom is -0.488 e. The van der Waals surface area contributed by atoms with Crippen molar-refractivity contribution in [2.24, 2.45) is 0 Å². The van der Waals surface area contributed by atoms with E-state index in [1.165, 1.54) is 17.1 Å². The first-order chi connectivity index (χ1) is 10.3. The Morgan fingerprint density at radius 2 is 1.76 bits per heavy atom. The van der Waals surface area contributed by atoms with Gasteiger partial charge in [0.05, 0.1) is 4.88 Å². The Labute approximate surface area is 128 Å². The van der Waals surface area contributed by atoms with Crippen molar-refractivity contribution in [2.45, 2.75) is 13.5 Å². The van der Waals surface area contributed by atoms with E-state index >= 15 is 0 Å². The number of aryl methyl sites for hydroxylation is 1. The molecule has 1 aromatic heterocycles. The third-order valence-electron chi connectivity index (χ3n) is 2.93. The molecule has 3 rings (SSSR count). The highest BCUT2D eigenvalue weighted by molar-refractivity contribution is 7.05. The first kappa shape index (κ1) is 13.6. The molecule has 0 N–H and O–H groups in total. The molecule has 0 aliphatic heterocycles. The number of hydrogen-bond donors (Lipinski definition) is 0. The lowest BCUT2D eigenvalue weighted by Crippen LogP contribution is -1.93. The van der Waals surface area contributed by atoms with Gasteiger partial charge in [-0.25, -0.2) is 4.37 Å². The molecule has 4 heteroatoms. The lowest BCUT2D eigenvalue weighted by molar-refractivity contribution is 0.308. The summed E-state index contributed by atoms with van der Waals surface area (Å²) in [5, 5.41) is 0. The average Bonchev–Trinajstić information content (AvgIpc) is 3.01. The van der Waals surface area contributed by atoms with Crippen molar-refractivity contribution in [1.29, 1.82) is 0 Å². The lowest BCUT2D eigenvalue weighted by Gasteiger charge is -2.09. The van der Waals surface area contributed by atoms with Gasteiger partial charge in [0.25, 0.3) is 0 Å². The molecule has 0 amide bonds. The summed E-state index contributed by atoms with van der Waals surface area (Å²) in [7, 11) is 0. The zero-order valence-electron chi connectivity index (χ0n) is 11.7. The standard InChI is InChI=1S/C17H15NO2S/c1-13-5-7-14(8-6-13)20-16-4-2-3-15(11-16)19-12-17-9-10-18-21-17/h2-11H,12H2,1H3. The van der Waals surface area contributed by atoms with Crippen LogP contribution in [0, 0.1) is 6.92 Å². The SMILES string of the molecule is Cc1ccc(Oc2cccc(OCc3ccns3)c2)cc1. The number of rotatable bonds is 5. The van der Waals surface area contributed by atoms with Gasteiger partial charge in [-0.3, -0.25) is 0 Å². The molecule has 106 valence electrons. The molecular formula is C17H15NO2S. The predicted molar refractivity (Wildman–Crippen MR) is 84.1 cm³/mol. The maximum atomic E-state index is 5.82. The first-order valence-electron chi connectivity index (χ1n) is 6.66. The van der Waals surface area contributed by atoms with Crippen molar-refractivity contribution >= 4 is 11.5 Å². The van der Waals surface area contributed by atoms with Gasteiger partial charge in [0, 0.05) is 12.3 Å². The molecule has 0 radical (unpaired) electrons. The molecule has 21 heavy (non-hydrogen) atoms. The number of hydrogen-bond acceptors (Lipinski definition) is 4. The second-order valence-electron chi connectivity index (χ2n) is 4.66. The van der Waals surface area contributed by atoms with Crippen LogP contribution < -0.4 is 9.47 Å². The van der Waals surface area contributed by atoms with Crippen molar-refractivity contribution in [2.75, 3.05) is 0 Å². The third-order valence-corrected chi connectivity index (χ3v) is 3.65. The predicted octanol–water partition coefficient (Wildman–Crippen LogP) is 4.82. The van der Waals surface area contributed by atoms with E-state index in [9.17, 15) is 0 Å². The topological polar surface area (TPSA) is 31.4 Å². The fraction of sp³-hybridized carbons (Fsp3) is 0.118. The zero-order chi connectivity index (χ0) is 14.5. The fourth-order valence-electron chi connectivity index (χ4n) is 1.84. The largest absolute Gasteiger partial charge is 0.488 e. The number of benzene rings is 2. The van der Waals surface area contributed by atoms with E-state index in [4.69, 9.17) is 9.47 Å². The summed E-state index contributed by atoms with van der Waals surface area (Å²) in [6, 6.07) is 17.6. The first-order valence-corrected chi connectivity index (χ1v) is 7.44. The molecule has 0 atom stereocenters. The van der Waals surface area contributed by atoms with Crippen LogP contribution in [0.1, 0.15) is 10.4 Å². The Bertz CT molecular complexity index is 693. The monoisotopic (exact) mass is 297 g/mol. The van der Waals surface area contributed by atoms with E-state index in [2.05, 4.69) is 11.3 Å².